The molecule has 130 valence electrons. The Morgan fingerprint density at radius 3 is 2.96 bits per heavy atom. The highest BCUT2D eigenvalue weighted by atomic mass is 32.2. The first kappa shape index (κ1) is 17.1. The summed E-state index contributed by atoms with van der Waals surface area (Å²) in [5, 5.41) is 1.80. The molecule has 0 radical (unpaired) electrons. The second kappa shape index (κ2) is 6.64. The number of aromatic nitrogens is 2. The first-order valence-electron chi connectivity index (χ1n) is 7.85. The summed E-state index contributed by atoms with van der Waals surface area (Å²) in [4.78, 5) is 33.4. The van der Waals surface area contributed by atoms with E-state index in [1.165, 1.54) is 11.3 Å². The number of amides is 1. The minimum absolute atomic E-state index is 0.0688. The Hall–Kier alpha value is -1.74. The number of carbonyl (C=O) groups excluding carboxylic acids is 1. The zero-order valence-corrected chi connectivity index (χ0v) is 15.0. The third kappa shape index (κ3) is 3.51. The largest absolute Gasteiger partial charge is 0.335 e. The lowest BCUT2D eigenvalue weighted by Gasteiger charge is -2.24. The molecule has 1 fully saturated rings. The second-order valence-electron chi connectivity index (χ2n) is 6.01. The van der Waals surface area contributed by atoms with Gasteiger partial charge in [0.05, 0.1) is 29.5 Å². The molecular formula is C15H19N3O4S2. The predicted molar refractivity (Wildman–Crippen MR) is 92.7 cm³/mol. The van der Waals surface area contributed by atoms with Gasteiger partial charge in [0, 0.05) is 6.54 Å². The van der Waals surface area contributed by atoms with Crippen molar-refractivity contribution in [3.05, 3.63) is 27.6 Å². The van der Waals surface area contributed by atoms with Crippen LogP contribution in [0.1, 0.15) is 25.6 Å². The molecule has 3 heterocycles. The van der Waals surface area contributed by atoms with Crippen molar-refractivity contribution in [1.82, 2.24) is 14.9 Å². The maximum Gasteiger partial charge on any atom is 0.268 e. The summed E-state index contributed by atoms with van der Waals surface area (Å²) in [6.07, 6.45) is 1.12. The Kier molecular flexibility index (Phi) is 4.73. The number of aromatic amines is 1. The maximum absolute atomic E-state index is 12.7. The Labute approximate surface area is 143 Å². The molecule has 3 rings (SSSR count). The number of hydrogen-bond donors (Lipinski definition) is 1. The van der Waals surface area contributed by atoms with Gasteiger partial charge in [-0.15, -0.1) is 11.3 Å². The van der Waals surface area contributed by atoms with Gasteiger partial charge < -0.3 is 9.88 Å². The normalized spacial score (nSPS) is 19.6. The molecule has 9 heteroatoms. The van der Waals surface area contributed by atoms with Crippen LogP contribution >= 0.6 is 11.3 Å². The van der Waals surface area contributed by atoms with E-state index >= 15 is 0 Å². The van der Waals surface area contributed by atoms with Crippen LogP contribution in [0.3, 0.4) is 0 Å². The number of H-pyrrole nitrogens is 1. The number of rotatable bonds is 5. The zero-order chi connectivity index (χ0) is 17.3. The molecular weight excluding hydrogens is 350 g/mol. The zero-order valence-electron chi connectivity index (χ0n) is 13.3. The average molecular weight is 369 g/mol. The fourth-order valence-electron chi connectivity index (χ4n) is 2.96. The van der Waals surface area contributed by atoms with Gasteiger partial charge in [0.1, 0.15) is 10.5 Å². The SMILES string of the molecule is CCCN(Cc1nc2ccsc2c(=O)[nH]1)C(=O)[C@H]1CCS(=O)(=O)C1. The molecule has 1 aliphatic rings. The molecule has 0 aromatic carbocycles. The van der Waals surface area contributed by atoms with Gasteiger partial charge in [0.25, 0.3) is 5.56 Å². The van der Waals surface area contributed by atoms with E-state index in [0.29, 0.717) is 29.0 Å². The van der Waals surface area contributed by atoms with Crippen molar-refractivity contribution in [2.75, 3.05) is 18.1 Å². The number of hydrogen-bond acceptors (Lipinski definition) is 6. The summed E-state index contributed by atoms with van der Waals surface area (Å²) in [6, 6.07) is 1.77. The summed E-state index contributed by atoms with van der Waals surface area (Å²) < 4.78 is 23.8. The Balaban J connectivity index is 1.82. The lowest BCUT2D eigenvalue weighted by atomic mass is 10.1. The molecule has 2 aromatic rings. The molecule has 0 spiro atoms. The van der Waals surface area contributed by atoms with Gasteiger partial charge in [-0.05, 0) is 24.3 Å². The lowest BCUT2D eigenvalue weighted by Crippen LogP contribution is -2.37. The monoisotopic (exact) mass is 369 g/mol. The topological polar surface area (TPSA) is 100 Å². The highest BCUT2D eigenvalue weighted by Gasteiger charge is 2.35. The van der Waals surface area contributed by atoms with Gasteiger partial charge in [0.15, 0.2) is 9.84 Å². The molecule has 2 aromatic heterocycles. The molecule has 1 saturated heterocycles. The molecule has 0 saturated carbocycles. The number of fused-ring (bicyclic) bond motifs is 1. The van der Waals surface area contributed by atoms with Gasteiger partial charge in [-0.1, -0.05) is 6.92 Å². The van der Waals surface area contributed by atoms with Crippen LogP contribution in [0.5, 0.6) is 0 Å². The number of sulfone groups is 1. The van der Waals surface area contributed by atoms with Crippen LogP contribution in [0.25, 0.3) is 10.2 Å². The Bertz CT molecular complexity index is 916. The van der Waals surface area contributed by atoms with E-state index in [9.17, 15) is 18.0 Å². The molecule has 0 aliphatic carbocycles. The fraction of sp³-hybridized carbons (Fsp3) is 0.533. The molecule has 1 N–H and O–H groups in total. The van der Waals surface area contributed by atoms with E-state index < -0.39 is 15.8 Å². The smallest absolute Gasteiger partial charge is 0.268 e. The van der Waals surface area contributed by atoms with Crippen molar-refractivity contribution in [3.8, 4) is 0 Å². The van der Waals surface area contributed by atoms with Gasteiger partial charge in [-0.2, -0.15) is 0 Å². The third-order valence-electron chi connectivity index (χ3n) is 4.09. The van der Waals surface area contributed by atoms with Gasteiger partial charge in [-0.3, -0.25) is 9.59 Å². The number of nitrogens with zero attached hydrogens (tertiary/aromatic N) is 2. The minimum Gasteiger partial charge on any atom is -0.335 e. The van der Waals surface area contributed by atoms with Crippen molar-refractivity contribution in [2.45, 2.75) is 26.3 Å². The van der Waals surface area contributed by atoms with Crippen molar-refractivity contribution < 1.29 is 13.2 Å². The first-order valence-corrected chi connectivity index (χ1v) is 10.6. The van der Waals surface area contributed by atoms with Crippen LogP contribution in [0.2, 0.25) is 0 Å². The third-order valence-corrected chi connectivity index (χ3v) is 6.76. The van der Waals surface area contributed by atoms with Crippen molar-refractivity contribution in [1.29, 1.82) is 0 Å². The first-order chi connectivity index (χ1) is 11.4. The van der Waals surface area contributed by atoms with E-state index in [2.05, 4.69) is 9.97 Å². The van der Waals surface area contributed by atoms with E-state index in [1.807, 2.05) is 6.92 Å². The average Bonchev–Trinajstić information content (AvgIpc) is 3.12. The molecule has 0 unspecified atom stereocenters. The van der Waals surface area contributed by atoms with Crippen LogP contribution in [0.4, 0.5) is 0 Å². The van der Waals surface area contributed by atoms with Crippen molar-refractivity contribution in [2.24, 2.45) is 5.92 Å². The summed E-state index contributed by atoms with van der Waals surface area (Å²) in [6.45, 7) is 2.63. The van der Waals surface area contributed by atoms with E-state index in [1.54, 1.807) is 16.3 Å². The predicted octanol–water partition coefficient (Wildman–Crippen LogP) is 1.16. The molecule has 1 atom stereocenters. The highest BCUT2D eigenvalue weighted by Crippen LogP contribution is 2.22. The molecule has 24 heavy (non-hydrogen) atoms. The molecule has 1 aliphatic heterocycles. The van der Waals surface area contributed by atoms with Crippen LogP contribution in [-0.2, 0) is 21.2 Å². The van der Waals surface area contributed by atoms with Crippen molar-refractivity contribution >= 4 is 37.3 Å². The summed E-state index contributed by atoms with van der Waals surface area (Å²) in [7, 11) is -3.11. The number of carbonyl (C=O) groups is 1. The van der Waals surface area contributed by atoms with Gasteiger partial charge >= 0.3 is 0 Å². The minimum atomic E-state index is -3.11. The van der Waals surface area contributed by atoms with Gasteiger partial charge in [0.2, 0.25) is 5.91 Å². The van der Waals surface area contributed by atoms with Crippen LogP contribution in [-0.4, -0.2) is 47.2 Å². The lowest BCUT2D eigenvalue weighted by molar-refractivity contribution is -0.135. The molecule has 1 amide bonds. The quantitative estimate of drug-likeness (QED) is 0.852. The summed E-state index contributed by atoms with van der Waals surface area (Å²) >= 11 is 1.32. The number of nitrogens with one attached hydrogen (secondary N) is 1. The van der Waals surface area contributed by atoms with E-state index in [0.717, 1.165) is 6.42 Å². The molecule has 7 nitrogen and oxygen atoms in total. The maximum atomic E-state index is 12.7. The van der Waals surface area contributed by atoms with Gasteiger partial charge in [-0.25, -0.2) is 13.4 Å². The van der Waals surface area contributed by atoms with Crippen LogP contribution in [0, 0.1) is 5.92 Å². The summed E-state index contributed by atoms with van der Waals surface area (Å²) in [5.41, 5.74) is 0.406. The Morgan fingerprint density at radius 2 is 2.29 bits per heavy atom. The second-order valence-corrected chi connectivity index (χ2v) is 9.15. The standard InChI is InChI=1S/C15H19N3O4S2/c1-2-5-18(15(20)10-4-7-24(21,22)9-10)8-12-16-11-3-6-23-13(11)14(19)17-12/h3,6,10H,2,4-5,7-9H2,1H3,(H,16,17,19)/t10-/m0/s1. The highest BCUT2D eigenvalue weighted by molar-refractivity contribution is 7.91. The Morgan fingerprint density at radius 1 is 1.50 bits per heavy atom. The molecule has 0 bridgehead atoms. The summed E-state index contributed by atoms with van der Waals surface area (Å²) in [5.74, 6) is -0.253. The van der Waals surface area contributed by atoms with Crippen LogP contribution < -0.4 is 5.56 Å². The van der Waals surface area contributed by atoms with Crippen LogP contribution in [0.15, 0.2) is 16.2 Å². The fourth-order valence-corrected chi connectivity index (χ4v) is 5.42. The van der Waals surface area contributed by atoms with E-state index in [4.69, 9.17) is 0 Å². The van der Waals surface area contributed by atoms with Crippen molar-refractivity contribution in [3.63, 3.8) is 0 Å². The number of thiophene rings is 1. The van der Waals surface area contributed by atoms with E-state index in [-0.39, 0.29) is 29.5 Å².